The molecule has 6 nitrogen and oxygen atoms in total. The smallest absolute Gasteiger partial charge is 0.269 e. The van der Waals surface area contributed by atoms with Crippen LogP contribution in [0.1, 0.15) is 21.7 Å². The second-order valence-corrected chi connectivity index (χ2v) is 8.84. The minimum atomic E-state index is -0.379. The maximum absolute atomic E-state index is 12.7. The number of aryl methyl sites for hydroxylation is 1. The molecule has 2 aromatic carbocycles. The SMILES string of the molecule is COc1ccc2c(Cl)c(C(=O)NC(=S)Nc3cccc(CCC(=O)N(C)C)c3)sc2c1. The molecule has 3 rings (SSSR count). The predicted octanol–water partition coefficient (Wildman–Crippen LogP) is 4.71. The average molecular weight is 476 g/mol. The molecule has 0 aliphatic rings. The molecule has 0 unspecified atom stereocenters. The molecule has 2 N–H and O–H groups in total. The summed E-state index contributed by atoms with van der Waals surface area (Å²) in [7, 11) is 5.06. The predicted molar refractivity (Wildman–Crippen MR) is 131 cm³/mol. The number of rotatable bonds is 6. The molecule has 0 fully saturated rings. The number of fused-ring (bicyclic) bond motifs is 1. The van der Waals surface area contributed by atoms with Gasteiger partial charge in [-0.15, -0.1) is 11.3 Å². The maximum atomic E-state index is 12.7. The van der Waals surface area contributed by atoms with Gasteiger partial charge in [-0.1, -0.05) is 23.7 Å². The van der Waals surface area contributed by atoms with Crippen molar-refractivity contribution in [2.24, 2.45) is 0 Å². The Morgan fingerprint density at radius 3 is 2.68 bits per heavy atom. The molecule has 3 aromatic rings. The lowest BCUT2D eigenvalue weighted by molar-refractivity contribution is -0.128. The lowest BCUT2D eigenvalue weighted by Gasteiger charge is -2.12. The number of thiocarbonyl (C=S) groups is 1. The van der Waals surface area contributed by atoms with Crippen molar-refractivity contribution in [3.63, 3.8) is 0 Å². The monoisotopic (exact) mass is 475 g/mol. The molecule has 1 heterocycles. The third-order valence-electron chi connectivity index (χ3n) is 4.58. The zero-order valence-electron chi connectivity index (χ0n) is 17.3. The van der Waals surface area contributed by atoms with Crippen molar-refractivity contribution in [3.8, 4) is 5.75 Å². The molecular formula is C22H22ClN3O3S2. The lowest BCUT2D eigenvalue weighted by Crippen LogP contribution is -2.33. The maximum Gasteiger partial charge on any atom is 0.269 e. The van der Waals surface area contributed by atoms with E-state index in [4.69, 9.17) is 28.6 Å². The van der Waals surface area contributed by atoms with Gasteiger partial charge < -0.3 is 15.0 Å². The minimum absolute atomic E-state index is 0.0685. The third kappa shape index (κ3) is 5.72. The van der Waals surface area contributed by atoms with E-state index in [9.17, 15) is 9.59 Å². The number of methoxy groups -OCH3 is 1. The minimum Gasteiger partial charge on any atom is -0.497 e. The Morgan fingerprint density at radius 1 is 1.19 bits per heavy atom. The van der Waals surface area contributed by atoms with E-state index in [0.717, 1.165) is 21.3 Å². The number of anilines is 1. The summed E-state index contributed by atoms with van der Waals surface area (Å²) in [4.78, 5) is 26.5. The van der Waals surface area contributed by atoms with Gasteiger partial charge in [-0.25, -0.2) is 0 Å². The third-order valence-corrected chi connectivity index (χ3v) is 6.44. The summed E-state index contributed by atoms with van der Waals surface area (Å²) < 4.78 is 6.08. The molecule has 9 heteroatoms. The Hall–Kier alpha value is -2.68. The van der Waals surface area contributed by atoms with Crippen LogP contribution in [0, 0.1) is 0 Å². The van der Waals surface area contributed by atoms with Crippen LogP contribution in [-0.4, -0.2) is 43.0 Å². The number of hydrogen-bond acceptors (Lipinski definition) is 5. The van der Waals surface area contributed by atoms with Crippen LogP contribution in [-0.2, 0) is 11.2 Å². The molecule has 0 aliphatic carbocycles. The highest BCUT2D eigenvalue weighted by Crippen LogP contribution is 2.37. The van der Waals surface area contributed by atoms with E-state index in [2.05, 4.69) is 10.6 Å². The molecule has 0 saturated carbocycles. The first-order valence-corrected chi connectivity index (χ1v) is 11.1. The summed E-state index contributed by atoms with van der Waals surface area (Å²) in [5.74, 6) is 0.385. The summed E-state index contributed by atoms with van der Waals surface area (Å²) >= 11 is 13.0. The van der Waals surface area contributed by atoms with Crippen LogP contribution in [0.4, 0.5) is 5.69 Å². The van der Waals surface area contributed by atoms with E-state index in [1.54, 1.807) is 32.2 Å². The van der Waals surface area contributed by atoms with Gasteiger partial charge in [-0.05, 0) is 54.5 Å². The van der Waals surface area contributed by atoms with Crippen molar-refractivity contribution in [1.82, 2.24) is 10.2 Å². The van der Waals surface area contributed by atoms with Gasteiger partial charge in [-0.3, -0.25) is 14.9 Å². The number of carbonyl (C=O) groups is 2. The van der Waals surface area contributed by atoms with Crippen LogP contribution in [0.15, 0.2) is 42.5 Å². The van der Waals surface area contributed by atoms with Crippen LogP contribution in [0.25, 0.3) is 10.1 Å². The van der Waals surface area contributed by atoms with Gasteiger partial charge in [-0.2, -0.15) is 0 Å². The van der Waals surface area contributed by atoms with E-state index in [1.165, 1.54) is 11.3 Å². The van der Waals surface area contributed by atoms with Gasteiger partial charge in [0.05, 0.1) is 12.1 Å². The second kappa shape index (κ2) is 10.1. The van der Waals surface area contributed by atoms with Gasteiger partial charge in [0.2, 0.25) is 5.91 Å². The number of thiophene rings is 1. The normalized spacial score (nSPS) is 10.6. The Kier molecular flexibility index (Phi) is 7.48. The first-order chi connectivity index (χ1) is 14.8. The van der Waals surface area contributed by atoms with E-state index < -0.39 is 0 Å². The molecule has 162 valence electrons. The van der Waals surface area contributed by atoms with Crippen molar-refractivity contribution >= 4 is 67.9 Å². The molecule has 0 aliphatic heterocycles. The number of ether oxygens (including phenoxy) is 1. The Bertz CT molecular complexity index is 1140. The molecule has 0 atom stereocenters. The molecule has 1 aromatic heterocycles. The Labute approximate surface area is 195 Å². The molecule has 0 bridgehead atoms. The van der Waals surface area contributed by atoms with E-state index in [0.29, 0.717) is 28.5 Å². The van der Waals surface area contributed by atoms with Crippen molar-refractivity contribution < 1.29 is 14.3 Å². The quantitative estimate of drug-likeness (QED) is 0.505. The summed E-state index contributed by atoms with van der Waals surface area (Å²) in [6.45, 7) is 0. The summed E-state index contributed by atoms with van der Waals surface area (Å²) in [6, 6.07) is 13.0. The lowest BCUT2D eigenvalue weighted by atomic mass is 10.1. The largest absolute Gasteiger partial charge is 0.497 e. The fourth-order valence-electron chi connectivity index (χ4n) is 2.92. The standard InChI is InChI=1S/C22H22ClN3O3S2/c1-26(2)18(27)10-7-13-5-4-6-14(11-13)24-22(30)25-21(28)20-19(23)16-9-8-15(29-3)12-17(16)31-20/h4-6,8-9,11-12H,7,10H2,1-3H3,(H2,24,25,28,30). The van der Waals surface area contributed by atoms with Gasteiger partial charge in [0, 0.05) is 36.3 Å². The van der Waals surface area contributed by atoms with Crippen LogP contribution in [0.3, 0.4) is 0 Å². The Balaban J connectivity index is 1.65. The molecule has 0 spiro atoms. The second-order valence-electron chi connectivity index (χ2n) is 7.00. The zero-order chi connectivity index (χ0) is 22.5. The number of halogens is 1. The molecule has 0 saturated heterocycles. The fraction of sp³-hybridized carbons (Fsp3) is 0.227. The highest BCUT2D eigenvalue weighted by Gasteiger charge is 2.18. The fourth-order valence-corrected chi connectivity index (χ4v) is 4.57. The number of amides is 2. The molecule has 31 heavy (non-hydrogen) atoms. The topological polar surface area (TPSA) is 70.7 Å². The van der Waals surface area contributed by atoms with Gasteiger partial charge in [0.15, 0.2) is 5.11 Å². The van der Waals surface area contributed by atoms with Crippen molar-refractivity contribution in [3.05, 3.63) is 57.9 Å². The number of hydrogen-bond donors (Lipinski definition) is 2. The highest BCUT2D eigenvalue weighted by atomic mass is 35.5. The van der Waals surface area contributed by atoms with E-state index in [-0.39, 0.29) is 16.9 Å². The van der Waals surface area contributed by atoms with Crippen LogP contribution >= 0.6 is 35.2 Å². The number of nitrogens with one attached hydrogen (secondary N) is 2. The van der Waals surface area contributed by atoms with Crippen molar-refractivity contribution in [2.45, 2.75) is 12.8 Å². The van der Waals surface area contributed by atoms with Crippen LogP contribution in [0.5, 0.6) is 5.75 Å². The summed E-state index contributed by atoms with van der Waals surface area (Å²) in [6.07, 6.45) is 1.04. The van der Waals surface area contributed by atoms with Crippen LogP contribution < -0.4 is 15.4 Å². The first-order valence-electron chi connectivity index (χ1n) is 9.46. The first kappa shape index (κ1) is 23.0. The van der Waals surface area contributed by atoms with Crippen LogP contribution in [0.2, 0.25) is 5.02 Å². The van der Waals surface area contributed by atoms with Gasteiger partial charge in [0.25, 0.3) is 5.91 Å². The number of carbonyl (C=O) groups excluding carboxylic acids is 2. The highest BCUT2D eigenvalue weighted by molar-refractivity contribution is 7.80. The number of nitrogens with zero attached hydrogens (tertiary/aromatic N) is 1. The van der Waals surface area contributed by atoms with E-state index in [1.807, 2.05) is 36.4 Å². The van der Waals surface area contributed by atoms with Crippen molar-refractivity contribution in [2.75, 3.05) is 26.5 Å². The number of benzene rings is 2. The van der Waals surface area contributed by atoms with Gasteiger partial charge in [0.1, 0.15) is 10.6 Å². The van der Waals surface area contributed by atoms with Crippen molar-refractivity contribution in [1.29, 1.82) is 0 Å². The molecule has 2 amide bonds. The zero-order valence-corrected chi connectivity index (χ0v) is 19.7. The summed E-state index contributed by atoms with van der Waals surface area (Å²) in [5.41, 5.74) is 1.73. The summed E-state index contributed by atoms with van der Waals surface area (Å²) in [5, 5.41) is 7.02. The molecule has 0 radical (unpaired) electrons. The average Bonchev–Trinajstić information content (AvgIpc) is 3.08. The van der Waals surface area contributed by atoms with Gasteiger partial charge >= 0.3 is 0 Å². The van der Waals surface area contributed by atoms with E-state index >= 15 is 0 Å². The Morgan fingerprint density at radius 2 is 1.97 bits per heavy atom. The molecular weight excluding hydrogens is 454 g/mol.